The number of aromatic hydroxyl groups is 1. The third-order valence-electron chi connectivity index (χ3n) is 4.33. The summed E-state index contributed by atoms with van der Waals surface area (Å²) < 4.78 is 0. The molecule has 1 fully saturated rings. The van der Waals surface area contributed by atoms with Gasteiger partial charge in [0.1, 0.15) is 5.75 Å². The minimum absolute atomic E-state index is 0. The third-order valence-corrected chi connectivity index (χ3v) is 4.33. The minimum Gasteiger partial charge on any atom is -0.508 e. The van der Waals surface area contributed by atoms with E-state index in [4.69, 9.17) is 0 Å². The Morgan fingerprint density at radius 1 is 1.29 bits per heavy atom. The van der Waals surface area contributed by atoms with Gasteiger partial charge in [-0.3, -0.25) is 0 Å². The van der Waals surface area contributed by atoms with E-state index in [0.29, 0.717) is 17.7 Å². The van der Waals surface area contributed by atoms with E-state index in [1.165, 1.54) is 36.9 Å². The Morgan fingerprint density at radius 3 is 2.94 bits per heavy atom. The quantitative estimate of drug-likeness (QED) is 0.795. The van der Waals surface area contributed by atoms with Crippen molar-refractivity contribution in [2.45, 2.75) is 37.6 Å². The van der Waals surface area contributed by atoms with Crippen molar-refractivity contribution < 1.29 is 5.11 Å². The van der Waals surface area contributed by atoms with E-state index < -0.39 is 0 Å². The van der Waals surface area contributed by atoms with Gasteiger partial charge in [0.15, 0.2) is 0 Å². The fourth-order valence-corrected chi connectivity index (χ4v) is 3.51. The van der Waals surface area contributed by atoms with Gasteiger partial charge in [-0.15, -0.1) is 17.0 Å². The maximum Gasteiger partial charge on any atom is 0.119 e. The molecular formula is C14H20BrNO. The number of phenols is 1. The van der Waals surface area contributed by atoms with Crippen LogP contribution in [0.15, 0.2) is 18.2 Å². The molecule has 0 radical (unpaired) electrons. The summed E-state index contributed by atoms with van der Waals surface area (Å²) in [5.74, 6) is 1.15. The molecule has 0 spiro atoms. The maximum atomic E-state index is 9.90. The number of likely N-dealkylation sites (tertiary alicyclic amines) is 1. The molecule has 0 amide bonds. The molecule has 1 aromatic rings. The van der Waals surface area contributed by atoms with E-state index in [0.717, 1.165) is 6.42 Å². The molecule has 1 N–H and O–H groups in total. The third kappa shape index (κ3) is 2.11. The van der Waals surface area contributed by atoms with Crippen molar-refractivity contribution in [2.75, 3.05) is 13.6 Å². The Bertz CT molecular complexity index is 407. The zero-order valence-electron chi connectivity index (χ0n) is 10.2. The van der Waals surface area contributed by atoms with Crippen molar-refractivity contribution in [2.24, 2.45) is 0 Å². The van der Waals surface area contributed by atoms with E-state index in [2.05, 4.69) is 18.0 Å². The Balaban J connectivity index is 0.00000108. The number of nitrogens with zero attached hydrogens (tertiary/aromatic N) is 1. The first-order valence-corrected chi connectivity index (χ1v) is 6.28. The van der Waals surface area contributed by atoms with Crippen molar-refractivity contribution in [3.63, 3.8) is 0 Å². The van der Waals surface area contributed by atoms with Crippen molar-refractivity contribution in [3.8, 4) is 5.75 Å². The fraction of sp³-hybridized carbons (Fsp3) is 0.571. The molecule has 1 aliphatic heterocycles. The van der Waals surface area contributed by atoms with Gasteiger partial charge in [0, 0.05) is 6.04 Å². The van der Waals surface area contributed by atoms with Gasteiger partial charge in [-0.2, -0.15) is 0 Å². The van der Waals surface area contributed by atoms with E-state index >= 15 is 0 Å². The van der Waals surface area contributed by atoms with Gasteiger partial charge in [-0.05, 0) is 62.4 Å². The van der Waals surface area contributed by atoms with Gasteiger partial charge in [0.25, 0.3) is 0 Å². The normalized spacial score (nSPS) is 27.8. The first-order valence-electron chi connectivity index (χ1n) is 6.28. The van der Waals surface area contributed by atoms with E-state index in [1.54, 1.807) is 0 Å². The molecule has 3 rings (SSSR count). The molecule has 2 unspecified atom stereocenters. The van der Waals surface area contributed by atoms with Crippen LogP contribution in [0.1, 0.15) is 36.3 Å². The molecule has 0 saturated carbocycles. The Hall–Kier alpha value is -0.540. The smallest absolute Gasteiger partial charge is 0.119 e. The van der Waals surface area contributed by atoms with Crippen LogP contribution in [0.5, 0.6) is 5.75 Å². The van der Waals surface area contributed by atoms with Crippen molar-refractivity contribution in [1.29, 1.82) is 0 Å². The van der Waals surface area contributed by atoms with Crippen LogP contribution >= 0.6 is 17.0 Å². The van der Waals surface area contributed by atoms with Crippen LogP contribution in [0.4, 0.5) is 0 Å². The second kappa shape index (κ2) is 4.99. The zero-order chi connectivity index (χ0) is 11.1. The monoisotopic (exact) mass is 297 g/mol. The van der Waals surface area contributed by atoms with E-state index in [1.807, 2.05) is 12.1 Å². The molecular weight excluding hydrogens is 278 g/mol. The number of phenolic OH excluding ortho intramolecular Hbond substituents is 1. The topological polar surface area (TPSA) is 23.5 Å². The van der Waals surface area contributed by atoms with Gasteiger partial charge >= 0.3 is 0 Å². The number of benzene rings is 1. The maximum absolute atomic E-state index is 9.90. The summed E-state index contributed by atoms with van der Waals surface area (Å²) >= 11 is 0. The van der Waals surface area contributed by atoms with Crippen LogP contribution in [0.25, 0.3) is 0 Å². The van der Waals surface area contributed by atoms with E-state index in [-0.39, 0.29) is 17.0 Å². The second-order valence-electron chi connectivity index (χ2n) is 5.18. The van der Waals surface area contributed by atoms with Gasteiger partial charge in [0.05, 0.1) is 0 Å². The lowest BCUT2D eigenvalue weighted by Gasteiger charge is -2.43. The van der Waals surface area contributed by atoms with E-state index in [9.17, 15) is 5.11 Å². The molecule has 17 heavy (non-hydrogen) atoms. The van der Waals surface area contributed by atoms with Crippen LogP contribution < -0.4 is 0 Å². The molecule has 2 atom stereocenters. The van der Waals surface area contributed by atoms with Crippen molar-refractivity contribution >= 4 is 17.0 Å². The van der Waals surface area contributed by atoms with Crippen LogP contribution in [0.2, 0.25) is 0 Å². The lowest BCUT2D eigenvalue weighted by atomic mass is 9.74. The Labute approximate surface area is 113 Å². The summed E-state index contributed by atoms with van der Waals surface area (Å²) in [5, 5.41) is 9.90. The molecule has 1 aromatic carbocycles. The fourth-order valence-electron chi connectivity index (χ4n) is 3.51. The number of fused-ring (bicyclic) bond motifs is 3. The molecule has 2 aliphatic rings. The van der Waals surface area contributed by atoms with Crippen LogP contribution in [-0.4, -0.2) is 29.6 Å². The summed E-state index contributed by atoms with van der Waals surface area (Å²) in [5.41, 5.74) is 2.61. The predicted octanol–water partition coefficient (Wildman–Crippen LogP) is 3.09. The van der Waals surface area contributed by atoms with Gasteiger partial charge in [0.2, 0.25) is 0 Å². The molecule has 94 valence electrons. The van der Waals surface area contributed by atoms with Gasteiger partial charge in [-0.25, -0.2) is 0 Å². The highest BCUT2D eigenvalue weighted by molar-refractivity contribution is 8.93. The Kier molecular flexibility index (Phi) is 3.79. The average molecular weight is 298 g/mol. The molecule has 2 nitrogen and oxygen atoms in total. The molecule has 1 aliphatic carbocycles. The number of halogens is 1. The highest BCUT2D eigenvalue weighted by Gasteiger charge is 2.35. The highest BCUT2D eigenvalue weighted by atomic mass is 79.9. The number of piperidine rings is 1. The second-order valence-corrected chi connectivity index (χ2v) is 5.18. The minimum atomic E-state index is 0. The largest absolute Gasteiger partial charge is 0.508 e. The summed E-state index contributed by atoms with van der Waals surface area (Å²) in [4.78, 5) is 2.50. The average Bonchev–Trinajstić information content (AvgIpc) is 2.30. The zero-order valence-corrected chi connectivity index (χ0v) is 11.9. The number of rotatable bonds is 0. The molecule has 0 bridgehead atoms. The highest BCUT2D eigenvalue weighted by Crippen LogP contribution is 2.42. The molecule has 0 aromatic heterocycles. The standard InChI is InChI=1S/C14H19NO.BrH/c1-15-9-3-5-11-10-4-2-6-14(16)12(10)7-8-13(11)15;/h2,4,6,11,13,16H,3,5,7-9H2,1H3;1H. The SMILES string of the molecule is Br.CN1CCCC2c3cccc(O)c3CCC21. The Morgan fingerprint density at radius 2 is 2.12 bits per heavy atom. The number of hydrogen-bond acceptors (Lipinski definition) is 2. The van der Waals surface area contributed by atoms with Crippen molar-refractivity contribution in [3.05, 3.63) is 29.3 Å². The van der Waals surface area contributed by atoms with Crippen LogP contribution in [0, 0.1) is 0 Å². The van der Waals surface area contributed by atoms with Crippen LogP contribution in [0.3, 0.4) is 0 Å². The predicted molar refractivity (Wildman–Crippen MR) is 75.1 cm³/mol. The molecule has 3 heteroatoms. The number of hydrogen-bond donors (Lipinski definition) is 1. The number of likely N-dealkylation sites (N-methyl/N-ethyl adjacent to an activating group) is 1. The van der Waals surface area contributed by atoms with Crippen molar-refractivity contribution in [1.82, 2.24) is 4.90 Å². The van der Waals surface area contributed by atoms with Gasteiger partial charge < -0.3 is 10.0 Å². The molecule has 1 saturated heterocycles. The summed E-state index contributed by atoms with van der Waals surface area (Å²) in [6, 6.07) is 6.73. The van der Waals surface area contributed by atoms with Gasteiger partial charge in [-0.1, -0.05) is 12.1 Å². The molecule has 1 heterocycles. The first-order chi connectivity index (χ1) is 7.77. The lowest BCUT2D eigenvalue weighted by Crippen LogP contribution is -2.43. The summed E-state index contributed by atoms with van der Waals surface area (Å²) in [7, 11) is 2.24. The summed E-state index contributed by atoms with van der Waals surface area (Å²) in [6.45, 7) is 1.23. The first kappa shape index (κ1) is 12.9. The summed E-state index contributed by atoms with van der Waals surface area (Å²) in [6.07, 6.45) is 4.80. The van der Waals surface area contributed by atoms with Crippen LogP contribution in [-0.2, 0) is 6.42 Å². The lowest BCUT2D eigenvalue weighted by molar-refractivity contribution is 0.143.